The molecule has 1 aliphatic heterocycles. The molecule has 4 N–H and O–H groups in total. The molecule has 0 radical (unpaired) electrons. The monoisotopic (exact) mass is 644 g/mol. The molecule has 0 saturated carbocycles. The zero-order valence-electron chi connectivity index (χ0n) is 27.0. The summed E-state index contributed by atoms with van der Waals surface area (Å²) >= 11 is 0. The van der Waals surface area contributed by atoms with Gasteiger partial charge in [-0.2, -0.15) is 0 Å². The van der Waals surface area contributed by atoms with Crippen LogP contribution >= 0.6 is 0 Å². The molecular formula is C36H44N4O7. The number of phenolic OH excluding ortho intramolecular Hbond substituents is 1. The van der Waals surface area contributed by atoms with Gasteiger partial charge in [-0.1, -0.05) is 49.2 Å². The molecular weight excluding hydrogens is 600 g/mol. The number of carbonyl (C=O) groups excluding carboxylic acids is 4. The SMILES string of the molecule is COc1ccc(CNC(=O)[C@@H]2CCC(=O)N[C@@H](Cc3ccc(O)cc3)C(=O)N(C)CCCCCCOc3ccccc3C(=O)N2)cc1. The molecule has 0 aliphatic carbocycles. The highest BCUT2D eigenvalue weighted by Gasteiger charge is 2.27. The van der Waals surface area contributed by atoms with Crippen molar-refractivity contribution in [3.63, 3.8) is 0 Å². The first-order valence-corrected chi connectivity index (χ1v) is 16.0. The molecule has 0 unspecified atom stereocenters. The highest BCUT2D eigenvalue weighted by Crippen LogP contribution is 2.20. The van der Waals surface area contributed by atoms with Crippen LogP contribution in [-0.2, 0) is 27.3 Å². The van der Waals surface area contributed by atoms with Crippen molar-refractivity contribution in [2.45, 2.75) is 63.6 Å². The Kier molecular flexibility index (Phi) is 13.0. The third kappa shape index (κ3) is 10.8. The molecule has 0 saturated heterocycles. The van der Waals surface area contributed by atoms with Gasteiger partial charge >= 0.3 is 0 Å². The summed E-state index contributed by atoms with van der Waals surface area (Å²) < 4.78 is 11.2. The summed E-state index contributed by atoms with van der Waals surface area (Å²) in [5.74, 6) is -0.404. The second kappa shape index (κ2) is 17.6. The van der Waals surface area contributed by atoms with E-state index in [9.17, 15) is 24.3 Å². The number of benzene rings is 3. The molecule has 1 aliphatic rings. The smallest absolute Gasteiger partial charge is 0.255 e. The van der Waals surface area contributed by atoms with Crippen molar-refractivity contribution >= 4 is 23.6 Å². The van der Waals surface area contributed by atoms with E-state index in [1.165, 1.54) is 12.1 Å². The maximum Gasteiger partial charge on any atom is 0.255 e. The zero-order valence-corrected chi connectivity index (χ0v) is 27.0. The van der Waals surface area contributed by atoms with E-state index in [1.807, 2.05) is 12.1 Å². The molecule has 47 heavy (non-hydrogen) atoms. The number of aromatic hydroxyl groups is 1. The molecule has 11 heteroatoms. The van der Waals surface area contributed by atoms with E-state index in [0.29, 0.717) is 30.2 Å². The van der Waals surface area contributed by atoms with Gasteiger partial charge in [-0.25, -0.2) is 0 Å². The predicted octanol–water partition coefficient (Wildman–Crippen LogP) is 3.73. The molecule has 250 valence electrons. The molecule has 0 fully saturated rings. The number of likely N-dealkylation sites (N-methyl/N-ethyl adjacent to an activating group) is 1. The Morgan fingerprint density at radius 3 is 2.38 bits per heavy atom. The molecule has 0 spiro atoms. The maximum absolute atomic E-state index is 13.5. The van der Waals surface area contributed by atoms with E-state index in [-0.39, 0.29) is 37.5 Å². The minimum Gasteiger partial charge on any atom is -0.508 e. The van der Waals surface area contributed by atoms with E-state index in [4.69, 9.17) is 9.47 Å². The van der Waals surface area contributed by atoms with Gasteiger partial charge in [0.05, 0.1) is 19.3 Å². The summed E-state index contributed by atoms with van der Waals surface area (Å²) in [6.07, 6.45) is 3.41. The fourth-order valence-corrected chi connectivity index (χ4v) is 5.31. The number of phenols is 1. The van der Waals surface area contributed by atoms with Crippen molar-refractivity contribution in [1.29, 1.82) is 0 Å². The molecule has 0 aromatic heterocycles. The summed E-state index contributed by atoms with van der Waals surface area (Å²) in [7, 11) is 3.29. The average Bonchev–Trinajstić information content (AvgIpc) is 3.08. The number of nitrogens with one attached hydrogen (secondary N) is 3. The molecule has 0 bridgehead atoms. The van der Waals surface area contributed by atoms with E-state index in [2.05, 4.69) is 16.0 Å². The molecule has 1 heterocycles. The van der Waals surface area contributed by atoms with E-state index in [0.717, 1.165) is 36.8 Å². The lowest BCUT2D eigenvalue weighted by molar-refractivity contribution is -0.135. The summed E-state index contributed by atoms with van der Waals surface area (Å²) in [4.78, 5) is 55.4. The number of fused-ring (bicyclic) bond motifs is 1. The predicted molar refractivity (Wildman–Crippen MR) is 177 cm³/mol. The van der Waals surface area contributed by atoms with Crippen LogP contribution in [0.15, 0.2) is 72.8 Å². The zero-order chi connectivity index (χ0) is 33.6. The Morgan fingerprint density at radius 2 is 1.64 bits per heavy atom. The third-order valence-corrected chi connectivity index (χ3v) is 8.07. The summed E-state index contributed by atoms with van der Waals surface area (Å²) in [5, 5.41) is 18.2. The highest BCUT2D eigenvalue weighted by molar-refractivity contribution is 5.99. The van der Waals surface area contributed by atoms with Gasteiger partial charge < -0.3 is 35.4 Å². The highest BCUT2D eigenvalue weighted by atomic mass is 16.5. The van der Waals surface area contributed by atoms with Crippen molar-refractivity contribution in [2.24, 2.45) is 0 Å². The molecule has 2 atom stereocenters. The minimum atomic E-state index is -1.05. The largest absolute Gasteiger partial charge is 0.508 e. The summed E-state index contributed by atoms with van der Waals surface area (Å²) in [6.45, 7) is 1.15. The fraction of sp³-hybridized carbons (Fsp3) is 0.389. The van der Waals surface area contributed by atoms with Crippen LogP contribution in [0.4, 0.5) is 0 Å². The molecule has 4 rings (SSSR count). The van der Waals surface area contributed by atoms with Gasteiger partial charge in [0.15, 0.2) is 0 Å². The lowest BCUT2D eigenvalue weighted by atomic mass is 10.0. The first-order chi connectivity index (χ1) is 22.7. The van der Waals surface area contributed by atoms with Crippen LogP contribution in [0.1, 0.15) is 60.0 Å². The number of para-hydroxylation sites is 1. The van der Waals surface area contributed by atoms with E-state index < -0.39 is 29.8 Å². The number of hydrogen-bond acceptors (Lipinski definition) is 7. The second-order valence-corrected chi connectivity index (χ2v) is 11.6. The van der Waals surface area contributed by atoms with Crippen molar-refractivity contribution in [1.82, 2.24) is 20.9 Å². The van der Waals surface area contributed by atoms with Gasteiger partial charge in [0.1, 0.15) is 29.3 Å². The molecule has 3 aromatic rings. The van der Waals surface area contributed by atoms with Crippen LogP contribution in [0.3, 0.4) is 0 Å². The van der Waals surface area contributed by atoms with Crippen LogP contribution in [0.2, 0.25) is 0 Å². The number of nitrogens with zero attached hydrogens (tertiary/aromatic N) is 1. The Bertz CT molecular complexity index is 1490. The Hall–Kier alpha value is -5.06. The third-order valence-electron chi connectivity index (χ3n) is 8.07. The van der Waals surface area contributed by atoms with Crippen molar-refractivity contribution in [3.05, 3.63) is 89.5 Å². The van der Waals surface area contributed by atoms with Crippen LogP contribution in [0, 0.1) is 0 Å². The van der Waals surface area contributed by atoms with Gasteiger partial charge in [-0.3, -0.25) is 19.2 Å². The second-order valence-electron chi connectivity index (χ2n) is 11.6. The fourth-order valence-electron chi connectivity index (χ4n) is 5.31. The van der Waals surface area contributed by atoms with Gasteiger partial charge in [0.25, 0.3) is 5.91 Å². The quantitative estimate of drug-likeness (QED) is 0.320. The van der Waals surface area contributed by atoms with E-state index >= 15 is 0 Å². The average molecular weight is 645 g/mol. The van der Waals surface area contributed by atoms with Gasteiger partial charge in [0, 0.05) is 33.0 Å². The van der Waals surface area contributed by atoms with Crippen LogP contribution in [0.25, 0.3) is 0 Å². The van der Waals surface area contributed by atoms with Gasteiger partial charge in [-0.15, -0.1) is 0 Å². The molecule has 11 nitrogen and oxygen atoms in total. The van der Waals surface area contributed by atoms with Crippen LogP contribution in [-0.4, -0.2) is 73.0 Å². The Morgan fingerprint density at radius 1 is 0.936 bits per heavy atom. The van der Waals surface area contributed by atoms with Crippen LogP contribution in [0.5, 0.6) is 17.2 Å². The number of hydrogen-bond donors (Lipinski definition) is 4. The molecule has 3 aromatic carbocycles. The van der Waals surface area contributed by atoms with Crippen LogP contribution < -0.4 is 25.4 Å². The summed E-state index contributed by atoms with van der Waals surface area (Å²) in [6, 6.07) is 18.7. The standard InChI is InChI=1S/C36H44N4O7/c1-40-21-7-3-4-8-22-47-32-10-6-5-9-29(32)34(43)39-30(35(44)37-24-26-13-17-28(46-2)18-14-26)19-20-33(42)38-31(36(40)45)23-25-11-15-27(41)16-12-25/h5-6,9-18,30-31,41H,3-4,7-8,19-24H2,1-2H3,(H,37,44)(H,38,42)(H,39,43)/t30-,31-/m0/s1. The minimum absolute atomic E-state index is 0.00893. The number of carbonyl (C=O) groups is 4. The lowest BCUT2D eigenvalue weighted by Crippen LogP contribution is -2.50. The van der Waals surface area contributed by atoms with Crippen molar-refractivity contribution in [2.75, 3.05) is 27.3 Å². The van der Waals surface area contributed by atoms with Gasteiger partial charge in [0.2, 0.25) is 17.7 Å². The number of methoxy groups -OCH3 is 1. The Labute approximate surface area is 275 Å². The first-order valence-electron chi connectivity index (χ1n) is 16.0. The number of amides is 4. The topological polar surface area (TPSA) is 146 Å². The van der Waals surface area contributed by atoms with Crippen molar-refractivity contribution in [3.8, 4) is 17.2 Å². The maximum atomic E-state index is 13.5. The lowest BCUT2D eigenvalue weighted by Gasteiger charge is -2.25. The molecule has 4 amide bonds. The normalized spacial score (nSPS) is 18.7. The Balaban J connectivity index is 1.54. The first kappa shape index (κ1) is 34.8. The van der Waals surface area contributed by atoms with E-state index in [1.54, 1.807) is 67.6 Å². The van der Waals surface area contributed by atoms with Gasteiger partial charge in [-0.05, 0) is 66.8 Å². The number of ether oxygens (including phenoxy) is 2. The van der Waals surface area contributed by atoms with Crippen molar-refractivity contribution < 1.29 is 33.8 Å². The summed E-state index contributed by atoms with van der Waals surface area (Å²) in [5.41, 5.74) is 1.90. The number of rotatable bonds is 6.